The molecule has 4 aliphatic carbocycles. The minimum atomic E-state index is -2.25. The van der Waals surface area contributed by atoms with E-state index in [9.17, 15) is 45.0 Å². The highest BCUT2D eigenvalue weighted by Crippen LogP contribution is 2.55. The van der Waals surface area contributed by atoms with Gasteiger partial charge in [-0.05, 0) is 178 Å². The van der Waals surface area contributed by atoms with Crippen molar-refractivity contribution in [1.82, 2.24) is 53.2 Å². The molecule has 0 radical (unpaired) electrons. The average Bonchev–Trinajstić information content (AvgIpc) is 0.757. The molecule has 4 unspecified atom stereocenters. The number of benzene rings is 5. The number of nitrogens with two attached hydrogens (primary N) is 1. The molecular formula is C79H97Cl2N11O19. The number of unbranched alkanes of at least 4 members (excludes halogenated alkanes) is 5. The number of likely N-dealkylation sites (N-methyl/N-ethyl adjacent to an activating group) is 1. The van der Waals surface area contributed by atoms with Crippen molar-refractivity contribution < 1.29 is 92.7 Å². The van der Waals surface area contributed by atoms with Gasteiger partial charge >= 0.3 is 6.03 Å². The van der Waals surface area contributed by atoms with E-state index in [0.29, 0.717) is 18.3 Å². The van der Waals surface area contributed by atoms with E-state index in [1.54, 1.807) is 6.92 Å². The van der Waals surface area contributed by atoms with E-state index in [2.05, 4.69) is 60.1 Å². The Hall–Kier alpha value is -9.53. The van der Waals surface area contributed by atoms with Gasteiger partial charge in [0.25, 0.3) is 0 Å². The third-order valence-corrected chi connectivity index (χ3v) is 22.9. The molecular weight excluding hydrogens is 1480 g/mol. The van der Waals surface area contributed by atoms with Crippen molar-refractivity contribution >= 4 is 76.5 Å². The fourth-order valence-electron chi connectivity index (χ4n) is 16.8. The minimum Gasteiger partial charge on any atom is -0.508 e. The summed E-state index contributed by atoms with van der Waals surface area (Å²) in [6, 6.07) is 0.639. The number of carbonyl (C=O) groups is 9. The number of ether oxygens (including phenoxy) is 4. The summed E-state index contributed by atoms with van der Waals surface area (Å²) in [6.45, 7) is 9.02. The zero-order chi connectivity index (χ0) is 79.6. The molecule has 10 aliphatic rings. The predicted octanol–water partition coefficient (Wildman–Crippen LogP) is 7.19. The molecule has 32 heteroatoms. The van der Waals surface area contributed by atoms with Gasteiger partial charge in [0.1, 0.15) is 77.2 Å². The van der Waals surface area contributed by atoms with Crippen molar-refractivity contribution in [2.24, 2.45) is 35.3 Å². The number of aliphatic hydroxyl groups is 2. The van der Waals surface area contributed by atoms with E-state index in [1.807, 2.05) is 13.8 Å². The number of amides is 10. The number of rotatable bonds is 18. The standard InChI is InChI=1S/C79H97Cl2N11O19/c1-7-8-9-10-11-12-19-84-78(107)86-58(96)33-51-72(101)88-63-44-29-56(109-54-17-14-40(27-48(54)80)67(97)65(76(105)85-51)91-71(100)50(83-6)20-35(2)3)68(98)57(30-44)110-55-18-15-41(28-49(55)81)69(111-59-34-79(5,82)70(99)36(4)108-59)66-77(106)90-64(75(104)87-61-42-22-37-21-38(24-42)25-43(61)23-37)47-31-45(93)32-53(95)60(47)46-26-39(13-16-52(46)94)62(73(102)92-66)89-74(63)103/h13-18,26-32,35-38,42-43,50-51,59,61-67,69-70,83,93-95,97-99H,7-12,19-25,33-34,82H2,1-6H3,(H,85,105)(H,87,104)(H,88,101)(H,89,103)(H,90,106)(H,91,100)(H,92,102)(H2,84,86,96,107)/t36?,37?,38?,42?,43?,50-,51+,59?,61?,62-,63-,64+,65-,66-,67-,69-,70?,79?/m1/s1. The molecule has 6 heterocycles. The largest absolute Gasteiger partial charge is 0.508 e. The Kier molecular flexibility index (Phi) is 25.0. The molecule has 111 heavy (non-hydrogen) atoms. The van der Waals surface area contributed by atoms with Gasteiger partial charge in [0.2, 0.25) is 53.0 Å². The summed E-state index contributed by atoms with van der Waals surface area (Å²) in [5, 5.41) is 98.1. The lowest BCUT2D eigenvalue weighted by Gasteiger charge is -2.54. The first-order valence-corrected chi connectivity index (χ1v) is 38.6. The first-order chi connectivity index (χ1) is 52.8. The molecule has 6 aliphatic heterocycles. The molecule has 13 atom stereocenters. The number of nitrogens with one attached hydrogen (secondary N) is 10. The average molecular weight is 1580 g/mol. The van der Waals surface area contributed by atoms with Crippen molar-refractivity contribution in [2.75, 3.05) is 13.6 Å². The Morgan fingerprint density at radius 3 is 1.93 bits per heavy atom. The number of hydrogen-bond acceptors (Lipinski definition) is 21. The zero-order valence-corrected chi connectivity index (χ0v) is 63.8. The van der Waals surface area contributed by atoms with Gasteiger partial charge in [-0.15, -0.1) is 0 Å². The molecule has 0 spiro atoms. The van der Waals surface area contributed by atoms with Crippen molar-refractivity contribution in [1.29, 1.82) is 0 Å². The number of aliphatic hydroxyl groups excluding tert-OH is 2. The van der Waals surface area contributed by atoms with Crippen molar-refractivity contribution in [3.8, 4) is 57.1 Å². The van der Waals surface area contributed by atoms with Gasteiger partial charge in [0.05, 0.1) is 34.7 Å². The third-order valence-electron chi connectivity index (χ3n) is 22.3. The molecule has 5 aromatic carbocycles. The fourth-order valence-corrected chi connectivity index (χ4v) is 17.3. The highest BCUT2D eigenvalue weighted by atomic mass is 35.5. The Bertz CT molecular complexity index is 4380. The zero-order valence-electron chi connectivity index (χ0n) is 62.3. The van der Waals surface area contributed by atoms with Crippen molar-refractivity contribution in [2.45, 2.75) is 209 Å². The van der Waals surface area contributed by atoms with Crippen LogP contribution in [0, 0.1) is 29.6 Å². The van der Waals surface area contributed by atoms with Crippen LogP contribution in [0.4, 0.5) is 4.79 Å². The second-order valence-corrected chi connectivity index (χ2v) is 32.0. The van der Waals surface area contributed by atoms with E-state index in [1.165, 1.54) is 62.5 Å². The van der Waals surface area contributed by atoms with Crippen LogP contribution >= 0.6 is 23.2 Å². The van der Waals surface area contributed by atoms with Gasteiger partial charge in [-0.25, -0.2) is 4.79 Å². The number of fused-ring (bicyclic) bond motifs is 15. The first kappa shape index (κ1) is 81.0. The Balaban J connectivity index is 1.03. The lowest BCUT2D eigenvalue weighted by Crippen LogP contribution is -2.61. The Labute approximate surface area is 651 Å². The number of urea groups is 1. The molecule has 5 aromatic rings. The van der Waals surface area contributed by atoms with Crippen molar-refractivity contribution in [3.63, 3.8) is 0 Å². The maximum Gasteiger partial charge on any atom is 0.321 e. The van der Waals surface area contributed by atoms with Crippen LogP contribution in [0.2, 0.25) is 10.0 Å². The van der Waals surface area contributed by atoms with E-state index in [4.69, 9.17) is 47.9 Å². The normalized spacial score (nSPS) is 28.5. The van der Waals surface area contributed by atoms with Gasteiger partial charge in [-0.3, -0.25) is 43.7 Å². The SMILES string of the molecule is CCCCCCCCNC(=O)NC(=O)C[C@@H]1NC(=O)[C@H](NC(=O)[C@@H](CC(C)C)NC)[C@H](O)c2ccc(c(Cl)c2)Oc2cc3cc(c2O)Oc2ccc(cc2Cl)[C@@H](OC2CC(C)(N)C(O)C(C)O2)[C@H]2NC(=O)[C@H](NC(=O)[C@@H]3NC1=O)c1ccc(O)c(c1)-c1c(O)cc(O)cc1[C@@H](C(=O)NC1C3CC4CC(C3)CC1C4)NC2=O. The van der Waals surface area contributed by atoms with Crippen LogP contribution in [-0.2, 0) is 47.8 Å². The second-order valence-electron chi connectivity index (χ2n) is 31.2. The fraction of sp³-hybridized carbons (Fsp3) is 0.506. The summed E-state index contributed by atoms with van der Waals surface area (Å²) < 4.78 is 25.9. The molecule has 5 fully saturated rings. The molecule has 10 amide bonds. The summed E-state index contributed by atoms with van der Waals surface area (Å²) in [5.74, 6) is -12.4. The highest BCUT2D eigenvalue weighted by Gasteiger charge is 2.51. The van der Waals surface area contributed by atoms with Gasteiger partial charge in [-0.2, -0.15) is 0 Å². The number of hydrogen-bond donors (Lipinski definition) is 17. The summed E-state index contributed by atoms with van der Waals surface area (Å²) in [5.41, 5.74) is 3.73. The lowest BCUT2D eigenvalue weighted by atomic mass is 9.54. The molecule has 15 rings (SSSR count). The van der Waals surface area contributed by atoms with Gasteiger partial charge in [0, 0.05) is 41.7 Å². The van der Waals surface area contributed by atoms with E-state index < -0.39 is 173 Å². The quantitative estimate of drug-likeness (QED) is 0.0386. The van der Waals surface area contributed by atoms with Crippen LogP contribution < -0.4 is 68.4 Å². The topological polar surface area (TPSA) is 458 Å². The second kappa shape index (κ2) is 34.2. The van der Waals surface area contributed by atoms with E-state index in [-0.39, 0.29) is 104 Å². The van der Waals surface area contributed by atoms with Crippen LogP contribution in [0.25, 0.3) is 11.1 Å². The molecule has 15 bridgehead atoms. The molecule has 4 saturated carbocycles. The van der Waals surface area contributed by atoms with Gasteiger partial charge in [0.15, 0.2) is 17.8 Å². The van der Waals surface area contributed by atoms with Crippen LogP contribution in [0.3, 0.4) is 0 Å². The van der Waals surface area contributed by atoms with Gasteiger partial charge in [-0.1, -0.05) is 94.3 Å². The summed E-state index contributed by atoms with van der Waals surface area (Å²) in [6.07, 6.45) is 1.19. The molecule has 596 valence electrons. The van der Waals surface area contributed by atoms with Crippen LogP contribution in [0.5, 0.6) is 46.0 Å². The molecule has 1 saturated heterocycles. The summed E-state index contributed by atoms with van der Waals surface area (Å²) in [4.78, 5) is 137. The van der Waals surface area contributed by atoms with Crippen LogP contribution in [-0.4, -0.2) is 152 Å². The monoisotopic (exact) mass is 1570 g/mol. The third kappa shape index (κ3) is 18.2. The molecule has 30 nitrogen and oxygen atoms in total. The molecule has 18 N–H and O–H groups in total. The number of halogens is 2. The Morgan fingerprint density at radius 1 is 0.676 bits per heavy atom. The number of aromatic hydroxyl groups is 4. The lowest BCUT2D eigenvalue weighted by molar-refractivity contribution is -0.255. The number of carbonyl (C=O) groups excluding carboxylic acids is 9. The number of phenols is 4. The van der Waals surface area contributed by atoms with Crippen LogP contribution in [0.15, 0.2) is 78.9 Å². The Morgan fingerprint density at radius 2 is 1.29 bits per heavy atom. The first-order valence-electron chi connectivity index (χ1n) is 37.9. The number of phenolic OH excluding ortho intramolecular Hbond substituents is 4. The van der Waals surface area contributed by atoms with E-state index in [0.717, 1.165) is 94.5 Å². The predicted molar refractivity (Wildman–Crippen MR) is 404 cm³/mol. The van der Waals surface area contributed by atoms with E-state index >= 15 is 28.8 Å². The summed E-state index contributed by atoms with van der Waals surface area (Å²) >= 11 is 14.2. The molecule has 0 aromatic heterocycles. The highest BCUT2D eigenvalue weighted by molar-refractivity contribution is 6.32. The maximum atomic E-state index is 16.3. The number of imide groups is 1. The minimum absolute atomic E-state index is 0.00173. The van der Waals surface area contributed by atoms with Crippen molar-refractivity contribution in [3.05, 3.63) is 117 Å². The maximum absolute atomic E-state index is 16.3. The smallest absolute Gasteiger partial charge is 0.321 e. The van der Waals surface area contributed by atoms with Crippen LogP contribution in [0.1, 0.15) is 183 Å². The summed E-state index contributed by atoms with van der Waals surface area (Å²) in [7, 11) is 1.51. The van der Waals surface area contributed by atoms with Gasteiger partial charge < -0.3 is 103 Å².